The van der Waals surface area contributed by atoms with Gasteiger partial charge in [-0.1, -0.05) is 47.5 Å². The first kappa shape index (κ1) is 26.6. The van der Waals surface area contributed by atoms with Gasteiger partial charge in [0.05, 0.1) is 23.2 Å². The first-order valence-corrected chi connectivity index (χ1v) is 13.6. The Morgan fingerprint density at radius 2 is 1.74 bits per heavy atom. The van der Waals surface area contributed by atoms with E-state index in [0.29, 0.717) is 41.4 Å². The molecule has 2 aliphatic rings. The van der Waals surface area contributed by atoms with Gasteiger partial charge in [0.15, 0.2) is 5.78 Å². The fourth-order valence-electron chi connectivity index (χ4n) is 5.67. The number of anilines is 1. The first-order chi connectivity index (χ1) is 18.7. The maximum Gasteiger partial charge on any atom is 0.161 e. The Labute approximate surface area is 235 Å². The van der Waals surface area contributed by atoms with Gasteiger partial charge in [0, 0.05) is 22.7 Å². The number of nitrogens with two attached hydrogens (primary N) is 1. The number of nitrogens with zero attached hydrogens (tertiary/aromatic N) is 2. The summed E-state index contributed by atoms with van der Waals surface area (Å²) >= 11 is 6.37. The average molecular weight is 538 g/mol. The molecular formula is C33H32ClN3O2. The highest BCUT2D eigenvalue weighted by atomic mass is 35.5. The summed E-state index contributed by atoms with van der Waals surface area (Å²) in [5.41, 5.74) is 15.6. The maximum absolute atomic E-state index is 13.6. The van der Waals surface area contributed by atoms with Gasteiger partial charge in [-0.3, -0.25) is 9.69 Å². The molecule has 0 fully saturated rings. The van der Waals surface area contributed by atoms with Gasteiger partial charge in [-0.05, 0) is 92.6 Å². The maximum atomic E-state index is 13.6. The molecule has 0 radical (unpaired) electrons. The van der Waals surface area contributed by atoms with Crippen LogP contribution in [-0.2, 0) is 11.4 Å². The fraction of sp³-hybridized carbons (Fsp3) is 0.273. The lowest BCUT2D eigenvalue weighted by Gasteiger charge is -2.40. The number of hydrogen-bond acceptors (Lipinski definition) is 5. The molecule has 1 aliphatic heterocycles. The molecule has 39 heavy (non-hydrogen) atoms. The molecule has 1 atom stereocenters. The van der Waals surface area contributed by atoms with E-state index in [4.69, 9.17) is 22.1 Å². The first-order valence-electron chi connectivity index (χ1n) is 13.2. The third-order valence-corrected chi connectivity index (χ3v) is 8.01. The smallest absolute Gasteiger partial charge is 0.161 e. The van der Waals surface area contributed by atoms with E-state index in [1.54, 1.807) is 0 Å². The topological polar surface area (TPSA) is 79.3 Å². The van der Waals surface area contributed by atoms with Crippen LogP contribution < -0.4 is 15.4 Å². The quantitative estimate of drug-likeness (QED) is 0.365. The molecule has 0 bridgehead atoms. The van der Waals surface area contributed by atoms with E-state index in [1.807, 2.05) is 68.1 Å². The van der Waals surface area contributed by atoms with Crippen molar-refractivity contribution in [3.8, 4) is 11.8 Å². The SMILES string of the molecule is Cc1ccc(OCc2cc(C3C(C#N)=C(N)N(c4cc(Cl)ccc4C)C4=C3C(=O)CCC4)c(C)cc2C)cc1. The van der Waals surface area contributed by atoms with Crippen molar-refractivity contribution in [2.24, 2.45) is 5.73 Å². The summed E-state index contributed by atoms with van der Waals surface area (Å²) in [4.78, 5) is 15.5. The van der Waals surface area contributed by atoms with Crippen LogP contribution in [0.25, 0.3) is 0 Å². The van der Waals surface area contributed by atoms with Gasteiger partial charge in [-0.2, -0.15) is 5.26 Å². The summed E-state index contributed by atoms with van der Waals surface area (Å²) in [6.07, 6.45) is 1.88. The molecule has 198 valence electrons. The van der Waals surface area contributed by atoms with Gasteiger partial charge in [-0.15, -0.1) is 0 Å². The third kappa shape index (κ3) is 4.93. The van der Waals surface area contributed by atoms with Crippen LogP contribution >= 0.6 is 11.6 Å². The van der Waals surface area contributed by atoms with E-state index in [-0.39, 0.29) is 5.78 Å². The standard InChI is InChI=1S/C33H32ClN3O2/c1-19-8-12-25(13-9-19)39-18-23-15-26(22(4)14-21(23)3)31-27(17-35)33(36)37(28-6-5-7-30(38)32(28)31)29-16-24(34)11-10-20(29)2/h8-16,31H,5-7,18,36H2,1-4H3. The van der Waals surface area contributed by atoms with Gasteiger partial charge in [0.25, 0.3) is 0 Å². The Kier molecular flexibility index (Phi) is 7.25. The molecule has 0 spiro atoms. The van der Waals surface area contributed by atoms with Crippen molar-refractivity contribution < 1.29 is 9.53 Å². The van der Waals surface area contributed by atoms with E-state index in [1.165, 1.54) is 5.56 Å². The van der Waals surface area contributed by atoms with Crippen molar-refractivity contribution in [3.63, 3.8) is 0 Å². The van der Waals surface area contributed by atoms with Crippen molar-refractivity contribution >= 4 is 23.1 Å². The second-order valence-corrected chi connectivity index (χ2v) is 10.9. The molecule has 5 nitrogen and oxygen atoms in total. The van der Waals surface area contributed by atoms with Gasteiger partial charge in [0.2, 0.25) is 0 Å². The Bertz CT molecular complexity index is 1580. The number of nitriles is 1. The molecule has 1 heterocycles. The van der Waals surface area contributed by atoms with Crippen LogP contribution in [0, 0.1) is 39.0 Å². The van der Waals surface area contributed by atoms with Crippen molar-refractivity contribution in [1.29, 1.82) is 5.26 Å². The fourth-order valence-corrected chi connectivity index (χ4v) is 5.84. The molecule has 0 aromatic heterocycles. The molecule has 0 saturated carbocycles. The highest BCUT2D eigenvalue weighted by Gasteiger charge is 2.41. The molecule has 0 saturated heterocycles. The number of aryl methyl sites for hydroxylation is 4. The zero-order chi connectivity index (χ0) is 27.8. The highest BCUT2D eigenvalue weighted by molar-refractivity contribution is 6.30. The minimum absolute atomic E-state index is 0.0589. The van der Waals surface area contributed by atoms with Gasteiger partial charge >= 0.3 is 0 Å². The van der Waals surface area contributed by atoms with Crippen molar-refractivity contribution in [1.82, 2.24) is 0 Å². The van der Waals surface area contributed by atoms with Crippen LogP contribution in [0.2, 0.25) is 5.02 Å². The Balaban J connectivity index is 1.64. The van der Waals surface area contributed by atoms with Crippen molar-refractivity contribution in [2.75, 3.05) is 4.90 Å². The molecular weight excluding hydrogens is 506 g/mol. The Hall–Kier alpha value is -4.01. The Morgan fingerprint density at radius 3 is 2.46 bits per heavy atom. The summed E-state index contributed by atoms with van der Waals surface area (Å²) < 4.78 is 6.11. The van der Waals surface area contributed by atoms with Crippen LogP contribution in [0.5, 0.6) is 5.75 Å². The number of rotatable bonds is 5. The minimum Gasteiger partial charge on any atom is -0.489 e. The summed E-state index contributed by atoms with van der Waals surface area (Å²) in [7, 11) is 0. The second kappa shape index (κ2) is 10.6. The summed E-state index contributed by atoms with van der Waals surface area (Å²) in [6.45, 7) is 8.48. The molecule has 5 rings (SSSR count). The molecule has 0 amide bonds. The monoisotopic (exact) mass is 537 g/mol. The molecule has 1 aliphatic carbocycles. The molecule has 1 unspecified atom stereocenters. The van der Waals surface area contributed by atoms with Crippen LogP contribution in [0.3, 0.4) is 0 Å². The second-order valence-electron chi connectivity index (χ2n) is 10.5. The Morgan fingerprint density at radius 1 is 1.00 bits per heavy atom. The van der Waals surface area contributed by atoms with Crippen LogP contribution in [-0.4, -0.2) is 5.78 Å². The van der Waals surface area contributed by atoms with Crippen molar-refractivity contribution in [2.45, 2.75) is 59.5 Å². The van der Waals surface area contributed by atoms with Crippen molar-refractivity contribution in [3.05, 3.63) is 116 Å². The van der Waals surface area contributed by atoms with E-state index < -0.39 is 5.92 Å². The van der Waals surface area contributed by atoms with Crippen LogP contribution in [0.4, 0.5) is 5.69 Å². The highest BCUT2D eigenvalue weighted by Crippen LogP contribution is 2.48. The number of ketones is 1. The molecule has 3 aromatic carbocycles. The van der Waals surface area contributed by atoms with E-state index in [2.05, 4.69) is 25.1 Å². The third-order valence-electron chi connectivity index (χ3n) is 7.78. The van der Waals surface area contributed by atoms with Gasteiger partial charge < -0.3 is 10.5 Å². The zero-order valence-corrected chi connectivity index (χ0v) is 23.5. The largest absolute Gasteiger partial charge is 0.489 e. The predicted molar refractivity (Wildman–Crippen MR) is 156 cm³/mol. The number of carbonyl (C=O) groups is 1. The molecule has 6 heteroatoms. The van der Waals surface area contributed by atoms with Crippen LogP contribution in [0.15, 0.2) is 77.3 Å². The normalized spacial score (nSPS) is 17.3. The average Bonchev–Trinajstić information content (AvgIpc) is 2.90. The summed E-state index contributed by atoms with van der Waals surface area (Å²) in [5, 5.41) is 11.0. The van der Waals surface area contributed by atoms with E-state index in [9.17, 15) is 10.1 Å². The lowest BCUT2D eigenvalue weighted by molar-refractivity contribution is -0.116. The number of carbonyl (C=O) groups excluding carboxylic acids is 1. The van der Waals surface area contributed by atoms with E-state index >= 15 is 0 Å². The predicted octanol–water partition coefficient (Wildman–Crippen LogP) is 7.46. The summed E-state index contributed by atoms with van der Waals surface area (Å²) in [5.74, 6) is 0.663. The number of ether oxygens (including phenoxy) is 1. The molecule has 3 aromatic rings. The number of benzene rings is 3. The number of Topliss-reactive ketones (excluding diaryl/α,β-unsaturated/α-hetero) is 1. The summed E-state index contributed by atoms with van der Waals surface area (Å²) in [6, 6.07) is 20.1. The van der Waals surface area contributed by atoms with E-state index in [0.717, 1.165) is 51.4 Å². The number of allylic oxidation sites excluding steroid dienone is 3. The lowest BCUT2D eigenvalue weighted by Crippen LogP contribution is -2.39. The minimum atomic E-state index is -0.535. The van der Waals surface area contributed by atoms with Gasteiger partial charge in [0.1, 0.15) is 18.2 Å². The zero-order valence-electron chi connectivity index (χ0n) is 22.8. The number of hydrogen-bond donors (Lipinski definition) is 1. The van der Waals surface area contributed by atoms with Gasteiger partial charge in [-0.25, -0.2) is 0 Å². The number of halogens is 1. The van der Waals surface area contributed by atoms with Crippen LogP contribution in [0.1, 0.15) is 58.6 Å². The lowest BCUT2D eigenvalue weighted by atomic mass is 9.74. The molecule has 2 N–H and O–H groups in total.